The fourth-order valence-electron chi connectivity index (χ4n) is 6.40. The van der Waals surface area contributed by atoms with Crippen molar-refractivity contribution in [3.05, 3.63) is 61.6 Å². The highest BCUT2D eigenvalue weighted by atomic mass is 16.5. The molecule has 5 rings (SSSR count). The second-order valence-electron chi connectivity index (χ2n) is 11.8. The molecule has 9 nitrogen and oxygen atoms in total. The lowest BCUT2D eigenvalue weighted by Gasteiger charge is -2.40. The number of H-pyrrole nitrogens is 1. The van der Waals surface area contributed by atoms with Crippen LogP contribution in [0.2, 0.25) is 0 Å². The Balaban J connectivity index is 1.46. The van der Waals surface area contributed by atoms with Crippen LogP contribution < -0.4 is 15.8 Å². The maximum absolute atomic E-state index is 13.8. The predicted octanol–water partition coefficient (Wildman–Crippen LogP) is 2.91. The number of carbonyl (C=O) groups is 1. The molecule has 2 aromatic rings. The molecule has 40 heavy (non-hydrogen) atoms. The third-order valence-electron chi connectivity index (χ3n) is 9.05. The van der Waals surface area contributed by atoms with Gasteiger partial charge in [-0.2, -0.15) is 0 Å². The Kier molecular flexibility index (Phi) is 8.38. The number of fused-ring (bicyclic) bond motifs is 1. The highest BCUT2D eigenvalue weighted by Gasteiger charge is 2.39. The number of nitrogens with zero attached hydrogens (tertiary/aromatic N) is 2. The molecule has 0 unspecified atom stereocenters. The summed E-state index contributed by atoms with van der Waals surface area (Å²) in [6, 6.07) is 4.55. The first-order valence-electron chi connectivity index (χ1n) is 14.7. The van der Waals surface area contributed by atoms with Gasteiger partial charge < -0.3 is 29.8 Å². The van der Waals surface area contributed by atoms with Crippen LogP contribution in [0.25, 0.3) is 0 Å². The minimum absolute atomic E-state index is 0.140. The molecule has 2 fully saturated rings. The topological polar surface area (TPSA) is 107 Å². The van der Waals surface area contributed by atoms with Crippen LogP contribution in [0.4, 0.5) is 5.69 Å². The van der Waals surface area contributed by atoms with E-state index < -0.39 is 5.60 Å². The molecule has 9 heteroatoms. The predicted molar refractivity (Wildman–Crippen MR) is 155 cm³/mol. The van der Waals surface area contributed by atoms with Crippen LogP contribution in [0, 0.1) is 13.8 Å². The SMILES string of the molecule is CCN(c1cc(C2(O)COC2)cc(C(=O)NCc2c3c(c(C)[nH]c2=O)CN(C(C)C)CC3)c1C)C1CCOCC1. The summed E-state index contributed by atoms with van der Waals surface area (Å²) in [6.45, 7) is 14.9. The average Bonchev–Trinajstić information content (AvgIpc) is 2.93. The van der Waals surface area contributed by atoms with Gasteiger partial charge >= 0.3 is 0 Å². The van der Waals surface area contributed by atoms with Crippen molar-refractivity contribution >= 4 is 11.6 Å². The molecule has 0 aliphatic carbocycles. The number of aromatic nitrogens is 1. The monoisotopic (exact) mass is 552 g/mol. The lowest BCUT2D eigenvalue weighted by Crippen LogP contribution is -2.47. The van der Waals surface area contributed by atoms with Crippen LogP contribution >= 0.6 is 0 Å². The van der Waals surface area contributed by atoms with E-state index in [4.69, 9.17) is 9.47 Å². The van der Waals surface area contributed by atoms with Crippen LogP contribution in [0.15, 0.2) is 16.9 Å². The van der Waals surface area contributed by atoms with Crippen LogP contribution in [0.3, 0.4) is 0 Å². The normalized spacial score (nSPS) is 19.3. The van der Waals surface area contributed by atoms with Crippen LogP contribution in [-0.2, 0) is 34.6 Å². The van der Waals surface area contributed by atoms with Gasteiger partial charge in [0.2, 0.25) is 0 Å². The Hall–Kier alpha value is -2.72. The first kappa shape index (κ1) is 28.8. The second kappa shape index (κ2) is 11.6. The van der Waals surface area contributed by atoms with Crippen LogP contribution in [-0.4, -0.2) is 72.5 Å². The van der Waals surface area contributed by atoms with Crippen molar-refractivity contribution in [1.29, 1.82) is 0 Å². The van der Waals surface area contributed by atoms with Gasteiger partial charge in [-0.3, -0.25) is 14.5 Å². The molecule has 0 radical (unpaired) electrons. The Morgan fingerprint density at radius 2 is 1.93 bits per heavy atom. The van der Waals surface area contributed by atoms with Gasteiger partial charge in [-0.1, -0.05) is 0 Å². The van der Waals surface area contributed by atoms with Crippen molar-refractivity contribution in [2.75, 3.05) is 44.4 Å². The van der Waals surface area contributed by atoms with E-state index in [1.165, 1.54) is 0 Å². The number of hydrogen-bond donors (Lipinski definition) is 3. The maximum Gasteiger partial charge on any atom is 0.253 e. The van der Waals surface area contributed by atoms with Gasteiger partial charge in [0.05, 0.1) is 13.2 Å². The fraction of sp³-hybridized carbons (Fsp3) is 0.613. The molecular weight excluding hydrogens is 508 g/mol. The quantitative estimate of drug-likeness (QED) is 0.462. The zero-order chi connectivity index (χ0) is 28.6. The number of anilines is 1. The maximum atomic E-state index is 13.8. The molecule has 0 bridgehead atoms. The van der Waals surface area contributed by atoms with Gasteiger partial charge in [0, 0.05) is 74.0 Å². The lowest BCUT2D eigenvalue weighted by molar-refractivity contribution is -0.184. The van der Waals surface area contributed by atoms with Crippen molar-refractivity contribution in [2.45, 2.75) is 84.7 Å². The summed E-state index contributed by atoms with van der Waals surface area (Å²) in [5, 5.41) is 14.2. The van der Waals surface area contributed by atoms with Gasteiger partial charge in [0.1, 0.15) is 5.60 Å². The molecule has 1 aromatic heterocycles. The van der Waals surface area contributed by atoms with E-state index in [-0.39, 0.29) is 31.2 Å². The summed E-state index contributed by atoms with van der Waals surface area (Å²) in [6.07, 6.45) is 2.62. The number of ether oxygens (including phenoxy) is 2. The molecule has 4 heterocycles. The number of carbonyl (C=O) groups excluding carboxylic acids is 1. The second-order valence-corrected chi connectivity index (χ2v) is 11.8. The van der Waals surface area contributed by atoms with Gasteiger partial charge in [-0.15, -0.1) is 0 Å². The standard InChI is InChI=1S/C31H44N4O5/c1-6-35(23-8-11-39-12-9-23)28-14-22(31(38)17-40-18-31)13-25(20(28)4)29(36)32-15-26-24-7-10-34(19(2)3)16-27(24)21(5)33-30(26)37/h13-14,19,23,38H,6-12,15-18H2,1-5H3,(H,32,36)(H,33,37). The Labute approximate surface area is 236 Å². The first-order valence-corrected chi connectivity index (χ1v) is 14.7. The third-order valence-corrected chi connectivity index (χ3v) is 9.05. The first-order chi connectivity index (χ1) is 19.1. The van der Waals surface area contributed by atoms with Gasteiger partial charge in [0.15, 0.2) is 0 Å². The summed E-state index contributed by atoms with van der Waals surface area (Å²) in [5.41, 5.74) is 5.53. The van der Waals surface area contributed by atoms with Gasteiger partial charge in [-0.05, 0) is 88.3 Å². The molecule has 3 aliphatic rings. The van der Waals surface area contributed by atoms with Gasteiger partial charge in [-0.25, -0.2) is 0 Å². The number of amides is 1. The minimum Gasteiger partial charge on any atom is -0.381 e. The molecule has 3 aliphatic heterocycles. The largest absolute Gasteiger partial charge is 0.381 e. The zero-order valence-corrected chi connectivity index (χ0v) is 24.6. The number of rotatable bonds is 8. The molecule has 0 atom stereocenters. The number of nitrogens with one attached hydrogen (secondary N) is 2. The van der Waals surface area contributed by atoms with Crippen LogP contribution in [0.5, 0.6) is 0 Å². The molecule has 2 saturated heterocycles. The molecule has 0 spiro atoms. The highest BCUT2D eigenvalue weighted by molar-refractivity contribution is 5.97. The van der Waals surface area contributed by atoms with E-state index >= 15 is 0 Å². The average molecular weight is 553 g/mol. The Morgan fingerprint density at radius 3 is 2.55 bits per heavy atom. The van der Waals surface area contributed by atoms with Crippen molar-refractivity contribution in [1.82, 2.24) is 15.2 Å². The zero-order valence-electron chi connectivity index (χ0n) is 24.6. The summed E-state index contributed by atoms with van der Waals surface area (Å²) in [7, 11) is 0. The number of aliphatic hydroxyl groups is 1. The van der Waals surface area contributed by atoms with Crippen molar-refractivity contribution in [3.63, 3.8) is 0 Å². The molecule has 0 saturated carbocycles. The molecule has 1 amide bonds. The summed E-state index contributed by atoms with van der Waals surface area (Å²) >= 11 is 0. The van der Waals surface area contributed by atoms with E-state index in [0.29, 0.717) is 28.8 Å². The van der Waals surface area contributed by atoms with Crippen LogP contribution in [0.1, 0.15) is 77.5 Å². The Morgan fingerprint density at radius 1 is 1.20 bits per heavy atom. The van der Waals surface area contributed by atoms with E-state index in [9.17, 15) is 14.7 Å². The summed E-state index contributed by atoms with van der Waals surface area (Å²) in [5.74, 6) is -0.249. The van der Waals surface area contributed by atoms with E-state index in [1.54, 1.807) is 6.07 Å². The van der Waals surface area contributed by atoms with E-state index in [1.807, 2.05) is 19.9 Å². The summed E-state index contributed by atoms with van der Waals surface area (Å²) in [4.78, 5) is 34.6. The number of hydrogen-bond acceptors (Lipinski definition) is 7. The lowest BCUT2D eigenvalue weighted by atomic mass is 9.87. The smallest absolute Gasteiger partial charge is 0.253 e. The van der Waals surface area contributed by atoms with Crippen molar-refractivity contribution in [3.8, 4) is 0 Å². The van der Waals surface area contributed by atoms with E-state index in [2.05, 4.69) is 40.9 Å². The Bertz CT molecular complexity index is 1310. The minimum atomic E-state index is -1.11. The van der Waals surface area contributed by atoms with E-state index in [0.717, 1.165) is 80.2 Å². The van der Waals surface area contributed by atoms with Gasteiger partial charge in [0.25, 0.3) is 11.5 Å². The molecule has 3 N–H and O–H groups in total. The third kappa shape index (κ3) is 5.44. The number of aryl methyl sites for hydroxylation is 1. The fourth-order valence-corrected chi connectivity index (χ4v) is 6.40. The molecular formula is C31H44N4O5. The van der Waals surface area contributed by atoms with Crippen molar-refractivity contribution in [2.24, 2.45) is 0 Å². The van der Waals surface area contributed by atoms with Crippen molar-refractivity contribution < 1.29 is 19.4 Å². The number of pyridine rings is 1. The number of benzene rings is 1. The molecule has 218 valence electrons. The number of aromatic amines is 1. The summed E-state index contributed by atoms with van der Waals surface area (Å²) < 4.78 is 10.9. The highest BCUT2D eigenvalue weighted by Crippen LogP contribution is 2.37. The molecule has 1 aromatic carbocycles.